The van der Waals surface area contributed by atoms with Gasteiger partial charge in [0, 0.05) is 11.3 Å². The number of carbonyl (C=O) groups is 1. The Morgan fingerprint density at radius 1 is 1.36 bits per heavy atom. The molecule has 0 atom stereocenters. The van der Waals surface area contributed by atoms with E-state index in [4.69, 9.17) is 0 Å². The maximum absolute atomic E-state index is 12.8. The maximum atomic E-state index is 12.8. The van der Waals surface area contributed by atoms with Gasteiger partial charge < -0.3 is 0 Å². The molecule has 2 nitrogen and oxygen atoms in total. The number of halogens is 1. The van der Waals surface area contributed by atoms with Crippen molar-refractivity contribution in [3.63, 3.8) is 0 Å². The average Bonchev–Trinajstić information content (AvgIpc) is 2.31. The fraction of sp³-hybridized carbons (Fsp3) is 0. The molecule has 1 aromatic rings. The molecular formula is C8H4FNO. The first-order valence-electron chi connectivity index (χ1n) is 3.16. The van der Waals surface area contributed by atoms with Crippen LogP contribution in [0, 0.1) is 5.82 Å². The van der Waals surface area contributed by atoms with Gasteiger partial charge in [-0.15, -0.1) is 0 Å². The van der Waals surface area contributed by atoms with Gasteiger partial charge in [0.15, 0.2) is 0 Å². The van der Waals surface area contributed by atoms with Crippen molar-refractivity contribution in [1.82, 2.24) is 0 Å². The lowest BCUT2D eigenvalue weighted by atomic mass is 10.3. The lowest BCUT2D eigenvalue weighted by Crippen LogP contribution is -2.24. The van der Waals surface area contributed by atoms with E-state index in [1.54, 1.807) is 6.07 Å². The molecule has 1 aliphatic rings. The average molecular weight is 149 g/mol. The standard InChI is InChI=1S/C8H4FNO/c9-6-2-1-3-7-5(6)4-8(11)10-7/h1-4H. The Balaban J connectivity index is 2.97. The van der Waals surface area contributed by atoms with Crippen LogP contribution < -0.4 is 10.6 Å². The molecule has 0 aliphatic carbocycles. The lowest BCUT2D eigenvalue weighted by molar-refractivity contribution is -0.112. The van der Waals surface area contributed by atoms with Crippen LogP contribution >= 0.6 is 0 Å². The van der Waals surface area contributed by atoms with Crippen molar-refractivity contribution in [2.45, 2.75) is 0 Å². The Bertz CT molecular complexity index is 436. The van der Waals surface area contributed by atoms with Crippen molar-refractivity contribution in [1.29, 1.82) is 0 Å². The van der Waals surface area contributed by atoms with E-state index in [9.17, 15) is 9.18 Å². The zero-order chi connectivity index (χ0) is 7.84. The van der Waals surface area contributed by atoms with Crippen molar-refractivity contribution in [2.75, 3.05) is 0 Å². The molecule has 1 aliphatic heterocycles. The molecule has 1 aromatic carbocycles. The molecule has 0 radical (unpaired) electrons. The third-order valence-corrected chi connectivity index (χ3v) is 1.53. The monoisotopic (exact) mass is 149 g/mol. The number of fused-ring (bicyclic) bond motifs is 1. The summed E-state index contributed by atoms with van der Waals surface area (Å²) in [6.07, 6.45) is 1.20. The number of benzene rings is 1. The Kier molecular flexibility index (Phi) is 1.12. The second-order valence-electron chi connectivity index (χ2n) is 2.27. The van der Waals surface area contributed by atoms with E-state index in [1.165, 1.54) is 18.2 Å². The Labute approximate surface area is 61.7 Å². The minimum atomic E-state index is -0.392. The Morgan fingerprint density at radius 2 is 2.18 bits per heavy atom. The highest BCUT2D eigenvalue weighted by molar-refractivity contribution is 6.06. The highest BCUT2D eigenvalue weighted by Crippen LogP contribution is 1.88. The van der Waals surface area contributed by atoms with Gasteiger partial charge in [-0.1, -0.05) is 6.07 Å². The maximum Gasteiger partial charge on any atom is 0.271 e. The summed E-state index contributed by atoms with van der Waals surface area (Å²) in [6.45, 7) is 0. The van der Waals surface area contributed by atoms with Crippen LogP contribution in [0.15, 0.2) is 23.2 Å². The quantitative estimate of drug-likeness (QED) is 0.500. The molecule has 0 saturated carbocycles. The minimum absolute atomic E-state index is 0.303. The van der Waals surface area contributed by atoms with Crippen LogP contribution in [0.4, 0.5) is 4.39 Å². The number of hydrogen-bond acceptors (Lipinski definition) is 1. The molecule has 0 unspecified atom stereocenters. The van der Waals surface area contributed by atoms with Crippen LogP contribution in [-0.4, -0.2) is 5.91 Å². The fourth-order valence-electron chi connectivity index (χ4n) is 1.04. The van der Waals surface area contributed by atoms with Crippen molar-refractivity contribution in [2.24, 2.45) is 4.99 Å². The normalized spacial score (nSPS) is 13.7. The molecule has 11 heavy (non-hydrogen) atoms. The summed E-state index contributed by atoms with van der Waals surface area (Å²) >= 11 is 0. The van der Waals surface area contributed by atoms with Crippen LogP contribution in [0.3, 0.4) is 0 Å². The van der Waals surface area contributed by atoms with Crippen LogP contribution in [0.25, 0.3) is 6.08 Å². The summed E-state index contributed by atoms with van der Waals surface area (Å²) in [5.41, 5.74) is 0. The number of amides is 1. The molecule has 1 amide bonds. The molecule has 0 saturated heterocycles. The summed E-state index contributed by atoms with van der Waals surface area (Å²) in [4.78, 5) is 14.2. The van der Waals surface area contributed by atoms with Gasteiger partial charge in [-0.25, -0.2) is 9.38 Å². The van der Waals surface area contributed by atoms with Gasteiger partial charge in [0.25, 0.3) is 5.91 Å². The summed E-state index contributed by atoms with van der Waals surface area (Å²) in [5, 5.41) is 0.729. The zero-order valence-corrected chi connectivity index (χ0v) is 5.54. The smallest absolute Gasteiger partial charge is 0.267 e. The highest BCUT2D eigenvalue weighted by atomic mass is 19.1. The number of hydrogen-bond donors (Lipinski definition) is 0. The second-order valence-corrected chi connectivity index (χ2v) is 2.27. The molecule has 0 N–H and O–H groups in total. The Hall–Kier alpha value is -1.51. The van der Waals surface area contributed by atoms with E-state index < -0.39 is 5.82 Å². The van der Waals surface area contributed by atoms with E-state index in [2.05, 4.69) is 4.99 Å². The summed E-state index contributed by atoms with van der Waals surface area (Å²) in [7, 11) is 0. The molecule has 3 heteroatoms. The zero-order valence-electron chi connectivity index (χ0n) is 5.54. The van der Waals surface area contributed by atoms with E-state index in [0.29, 0.717) is 10.6 Å². The first kappa shape index (κ1) is 6.22. The molecule has 0 fully saturated rings. The third kappa shape index (κ3) is 0.852. The van der Waals surface area contributed by atoms with E-state index in [-0.39, 0.29) is 5.91 Å². The predicted molar refractivity (Wildman–Crippen MR) is 36.7 cm³/mol. The molecule has 2 rings (SSSR count). The number of rotatable bonds is 0. The highest BCUT2D eigenvalue weighted by Gasteiger charge is 2.05. The molecule has 0 spiro atoms. The summed E-state index contributed by atoms with van der Waals surface area (Å²) < 4.78 is 12.8. The van der Waals surface area contributed by atoms with Crippen molar-refractivity contribution >= 4 is 12.0 Å². The van der Waals surface area contributed by atoms with Crippen LogP contribution in [0.2, 0.25) is 0 Å². The predicted octanol–water partition coefficient (Wildman–Crippen LogP) is -0.234. The molecule has 54 valence electrons. The summed E-state index contributed by atoms with van der Waals surface area (Å²) in [5.74, 6) is -0.776. The van der Waals surface area contributed by atoms with Gasteiger partial charge in [0.05, 0.1) is 5.36 Å². The molecule has 0 aromatic heterocycles. The fourth-order valence-corrected chi connectivity index (χ4v) is 1.04. The van der Waals surface area contributed by atoms with Crippen molar-refractivity contribution in [3.05, 3.63) is 34.6 Å². The van der Waals surface area contributed by atoms with Gasteiger partial charge in [0.2, 0.25) is 0 Å². The summed E-state index contributed by atoms with van der Waals surface area (Å²) in [6, 6.07) is 4.45. The molecule has 0 bridgehead atoms. The van der Waals surface area contributed by atoms with Gasteiger partial charge in [-0.05, 0) is 12.1 Å². The largest absolute Gasteiger partial charge is 0.271 e. The topological polar surface area (TPSA) is 29.4 Å². The number of carbonyl (C=O) groups excluding carboxylic acids is 1. The number of nitrogens with zero attached hydrogens (tertiary/aromatic N) is 1. The SMILES string of the molecule is O=C1C=c2c(F)cccc2=N1. The first-order chi connectivity index (χ1) is 5.27. The Morgan fingerprint density at radius 3 is 2.91 bits per heavy atom. The lowest BCUT2D eigenvalue weighted by Gasteiger charge is -1.83. The van der Waals surface area contributed by atoms with Crippen molar-refractivity contribution in [3.8, 4) is 0 Å². The van der Waals surface area contributed by atoms with Crippen molar-refractivity contribution < 1.29 is 9.18 Å². The van der Waals surface area contributed by atoms with Crippen LogP contribution in [0.5, 0.6) is 0 Å². The second kappa shape index (κ2) is 1.99. The molecular weight excluding hydrogens is 145 g/mol. The van der Waals surface area contributed by atoms with E-state index in [0.717, 1.165) is 0 Å². The third-order valence-electron chi connectivity index (χ3n) is 1.53. The first-order valence-corrected chi connectivity index (χ1v) is 3.16. The van der Waals surface area contributed by atoms with Gasteiger partial charge in [0.1, 0.15) is 5.82 Å². The minimum Gasteiger partial charge on any atom is -0.267 e. The van der Waals surface area contributed by atoms with Crippen LogP contribution in [0.1, 0.15) is 0 Å². The van der Waals surface area contributed by atoms with E-state index in [1.807, 2.05) is 0 Å². The van der Waals surface area contributed by atoms with Gasteiger partial charge >= 0.3 is 0 Å². The molecule has 1 heterocycles. The van der Waals surface area contributed by atoms with Gasteiger partial charge in [-0.3, -0.25) is 4.79 Å². The van der Waals surface area contributed by atoms with E-state index >= 15 is 0 Å². The van der Waals surface area contributed by atoms with Crippen LogP contribution in [-0.2, 0) is 4.79 Å². The van der Waals surface area contributed by atoms with Gasteiger partial charge in [-0.2, -0.15) is 0 Å².